The van der Waals surface area contributed by atoms with Crippen molar-refractivity contribution in [3.63, 3.8) is 0 Å². The third-order valence-corrected chi connectivity index (χ3v) is 8.14. The highest BCUT2D eigenvalue weighted by Gasteiger charge is 2.37. The zero-order valence-electron chi connectivity index (χ0n) is 22.9. The fraction of sp³-hybridized carbons (Fsp3) is 0.586. The largest absolute Gasteiger partial charge is 0.379 e. The first kappa shape index (κ1) is 31.3. The van der Waals surface area contributed by atoms with Crippen molar-refractivity contribution in [2.45, 2.75) is 64.6 Å². The summed E-state index contributed by atoms with van der Waals surface area (Å²) in [7, 11) is -4.05. The summed E-state index contributed by atoms with van der Waals surface area (Å²) in [5.41, 5.74) is 3.53. The van der Waals surface area contributed by atoms with E-state index in [1.54, 1.807) is 6.33 Å². The van der Waals surface area contributed by atoms with Crippen molar-refractivity contribution >= 4 is 27.2 Å². The van der Waals surface area contributed by atoms with E-state index in [0.717, 1.165) is 42.7 Å². The summed E-state index contributed by atoms with van der Waals surface area (Å²) in [6, 6.07) is 10.8. The Morgan fingerprint density at radius 2 is 1.83 bits per heavy atom. The van der Waals surface area contributed by atoms with E-state index in [1.807, 2.05) is 12.3 Å². The van der Waals surface area contributed by atoms with Gasteiger partial charge in [-0.1, -0.05) is 38.6 Å². The molecule has 0 radical (unpaired) electrons. The number of nitrogens with one attached hydrogen (secondary N) is 1. The minimum absolute atomic E-state index is 0. The third kappa shape index (κ3) is 8.02. The maximum Gasteiger partial charge on any atom is 0.333 e. The van der Waals surface area contributed by atoms with Gasteiger partial charge in [0.15, 0.2) is 0 Å². The maximum absolute atomic E-state index is 11.5. The summed E-state index contributed by atoms with van der Waals surface area (Å²) in [5, 5.41) is 9.71. The Balaban J connectivity index is 0.00000387. The second-order valence-corrected chi connectivity index (χ2v) is 11.6. The zero-order valence-corrected chi connectivity index (χ0v) is 23.7. The van der Waals surface area contributed by atoms with Crippen LogP contribution in [0.5, 0.6) is 0 Å². The van der Waals surface area contributed by atoms with Crippen molar-refractivity contribution in [3.8, 4) is 0 Å². The summed E-state index contributed by atoms with van der Waals surface area (Å²) in [6.07, 6.45) is 7.80. The smallest absolute Gasteiger partial charge is 0.333 e. The summed E-state index contributed by atoms with van der Waals surface area (Å²) in [4.78, 5) is 9.18. The van der Waals surface area contributed by atoms with Crippen LogP contribution in [-0.4, -0.2) is 68.7 Å². The van der Waals surface area contributed by atoms with Crippen LogP contribution in [-0.2, 0) is 35.1 Å². The van der Waals surface area contributed by atoms with Crippen molar-refractivity contribution in [2.24, 2.45) is 11.1 Å². The van der Waals surface area contributed by atoms with Crippen molar-refractivity contribution in [2.75, 3.05) is 45.0 Å². The molecule has 0 saturated heterocycles. The molecule has 226 valence electrons. The van der Waals surface area contributed by atoms with Crippen molar-refractivity contribution in [1.82, 2.24) is 14.5 Å². The Labute approximate surface area is 243 Å². The van der Waals surface area contributed by atoms with Gasteiger partial charge in [0.1, 0.15) is 17.8 Å². The molecule has 4 atom stereocenters. The number of ether oxygens (including phenoxy) is 3. The van der Waals surface area contributed by atoms with Crippen LogP contribution in [0.4, 0.5) is 5.82 Å². The lowest BCUT2D eigenvalue weighted by molar-refractivity contribution is -0.0286. The molecule has 0 unspecified atom stereocenters. The van der Waals surface area contributed by atoms with Crippen LogP contribution < -0.4 is 10.5 Å². The number of nitrogens with zero attached hydrogens (tertiary/aromatic N) is 3. The first-order valence-corrected chi connectivity index (χ1v) is 15.5. The van der Waals surface area contributed by atoms with E-state index >= 15 is 0 Å². The number of hydrogen-bond donors (Lipinski definition) is 2. The highest BCUT2D eigenvalue weighted by Crippen LogP contribution is 2.40. The molecule has 0 spiro atoms. The molecule has 3 aromatic rings. The Bertz CT molecular complexity index is 1370. The number of rotatable bonds is 15. The second kappa shape index (κ2) is 14.5. The van der Waals surface area contributed by atoms with Crippen LogP contribution in [0.1, 0.15) is 63.2 Å². The molecule has 2 aromatic heterocycles. The molecule has 41 heavy (non-hydrogen) atoms. The highest BCUT2D eigenvalue weighted by molar-refractivity contribution is 7.84. The summed E-state index contributed by atoms with van der Waals surface area (Å²) in [6.45, 7) is 4.63. The molecule has 1 aromatic carbocycles. The number of fused-ring (bicyclic) bond motifs is 2. The molecule has 11 nitrogen and oxygen atoms in total. The number of hydrogen-bond acceptors (Lipinski definition) is 9. The SMILES string of the molecule is C.CCCOCCOCCO[C@H]1C[C@H](n2ccc3c(N[C@H]4CCc5ccccc54)ncnc32)C[C@H]1COS(N)(=O)=O. The molecule has 2 heterocycles. The number of aryl methyl sites for hydroxylation is 1. The maximum atomic E-state index is 11.5. The lowest BCUT2D eigenvalue weighted by Crippen LogP contribution is -2.27. The normalized spacial score (nSPS) is 22.1. The van der Waals surface area contributed by atoms with Crippen LogP contribution >= 0.6 is 0 Å². The minimum atomic E-state index is -4.05. The fourth-order valence-electron chi connectivity index (χ4n) is 5.82. The molecule has 1 fully saturated rings. The van der Waals surface area contributed by atoms with E-state index in [4.69, 9.17) is 23.5 Å². The predicted octanol–water partition coefficient (Wildman–Crippen LogP) is 4.17. The van der Waals surface area contributed by atoms with Gasteiger partial charge in [-0.3, -0.25) is 4.18 Å². The highest BCUT2D eigenvalue weighted by atomic mass is 32.2. The van der Waals surface area contributed by atoms with E-state index in [2.05, 4.69) is 51.0 Å². The Morgan fingerprint density at radius 3 is 2.63 bits per heavy atom. The van der Waals surface area contributed by atoms with E-state index in [9.17, 15) is 8.42 Å². The summed E-state index contributed by atoms with van der Waals surface area (Å²) >= 11 is 0. The van der Waals surface area contributed by atoms with Gasteiger partial charge in [-0.2, -0.15) is 8.42 Å². The average Bonchev–Trinajstić information content (AvgIpc) is 3.66. The molecule has 0 amide bonds. The van der Waals surface area contributed by atoms with Crippen LogP contribution in [0, 0.1) is 5.92 Å². The molecule has 0 bridgehead atoms. The van der Waals surface area contributed by atoms with Crippen LogP contribution in [0.2, 0.25) is 0 Å². The van der Waals surface area contributed by atoms with Crippen LogP contribution in [0.15, 0.2) is 42.9 Å². The summed E-state index contributed by atoms with van der Waals surface area (Å²) in [5.74, 6) is 0.661. The monoisotopic (exact) mass is 589 g/mol. The van der Waals surface area contributed by atoms with Gasteiger partial charge in [-0.25, -0.2) is 15.1 Å². The predicted molar refractivity (Wildman–Crippen MR) is 158 cm³/mol. The lowest BCUT2D eigenvalue weighted by Gasteiger charge is -2.19. The van der Waals surface area contributed by atoms with Gasteiger partial charge in [0, 0.05) is 24.8 Å². The van der Waals surface area contributed by atoms with Gasteiger partial charge >= 0.3 is 10.3 Å². The number of aromatic nitrogens is 3. The standard InChI is InChI=1S/C28H39N5O6S.CH4/c1-2-11-36-12-13-37-14-15-38-26-17-22(16-21(26)18-39-40(29,34)35)33-10-9-24-27(30-19-31-28(24)33)32-25-8-7-20-5-3-4-6-23(20)25;/h3-6,9-10,19,21-22,25-26H,2,7-8,11-18H2,1H3,(H2,29,34,35)(H,30,31,32);1H4/t21-,22+,25-,26-;/m0./s1. The number of nitrogens with two attached hydrogens (primary N) is 1. The van der Waals surface area contributed by atoms with E-state index in [1.165, 1.54) is 11.1 Å². The average molecular weight is 590 g/mol. The first-order valence-electron chi connectivity index (χ1n) is 14.0. The lowest BCUT2D eigenvalue weighted by atomic mass is 10.1. The van der Waals surface area contributed by atoms with Crippen molar-refractivity contribution in [1.29, 1.82) is 0 Å². The van der Waals surface area contributed by atoms with Crippen molar-refractivity contribution in [3.05, 3.63) is 54.0 Å². The van der Waals surface area contributed by atoms with Gasteiger partial charge < -0.3 is 24.1 Å². The molecular formula is C29H43N5O6S. The third-order valence-electron chi connectivity index (χ3n) is 7.68. The molecular weight excluding hydrogens is 546 g/mol. The zero-order chi connectivity index (χ0) is 28.0. The topological polar surface area (TPSA) is 140 Å². The van der Waals surface area contributed by atoms with E-state index in [0.29, 0.717) is 39.3 Å². The number of benzene rings is 1. The summed E-state index contributed by atoms with van der Waals surface area (Å²) < 4.78 is 47.3. The second-order valence-electron chi connectivity index (χ2n) is 10.4. The molecule has 12 heteroatoms. The fourth-order valence-corrected chi connectivity index (χ4v) is 6.19. The molecule has 1 saturated carbocycles. The molecule has 2 aliphatic carbocycles. The Hall–Kier alpha value is -2.61. The van der Waals surface area contributed by atoms with Gasteiger partial charge in [-0.05, 0) is 49.3 Å². The molecule has 2 aliphatic rings. The molecule has 3 N–H and O–H groups in total. The Morgan fingerprint density at radius 1 is 1.05 bits per heavy atom. The van der Waals surface area contributed by atoms with Gasteiger partial charge in [-0.15, -0.1) is 0 Å². The van der Waals surface area contributed by atoms with Crippen LogP contribution in [0.3, 0.4) is 0 Å². The van der Waals surface area contributed by atoms with E-state index < -0.39 is 10.3 Å². The van der Waals surface area contributed by atoms with Crippen molar-refractivity contribution < 1.29 is 26.8 Å². The first-order chi connectivity index (χ1) is 19.4. The number of anilines is 1. The quantitative estimate of drug-likeness (QED) is 0.250. The minimum Gasteiger partial charge on any atom is -0.379 e. The molecule has 5 rings (SSSR count). The van der Waals surface area contributed by atoms with Gasteiger partial charge in [0.25, 0.3) is 0 Å². The molecule has 0 aliphatic heterocycles. The van der Waals surface area contributed by atoms with Gasteiger partial charge in [0.05, 0.1) is 50.6 Å². The van der Waals surface area contributed by atoms with Crippen LogP contribution in [0.25, 0.3) is 11.0 Å². The van der Waals surface area contributed by atoms with E-state index in [-0.39, 0.29) is 38.1 Å². The van der Waals surface area contributed by atoms with Gasteiger partial charge in [0.2, 0.25) is 0 Å². The Kier molecular flexibility index (Phi) is 11.1.